The number of nitrogens with zero attached hydrogens (tertiary/aromatic N) is 1. The quantitative estimate of drug-likeness (QED) is 0.904. The van der Waals surface area contributed by atoms with Gasteiger partial charge in [0, 0.05) is 0 Å². The van der Waals surface area contributed by atoms with Gasteiger partial charge in [0.1, 0.15) is 5.75 Å². The number of nitriles is 1. The average Bonchev–Trinajstić information content (AvgIpc) is 2.46. The molecule has 3 nitrogen and oxygen atoms in total. The van der Waals surface area contributed by atoms with Crippen LogP contribution in [0.15, 0.2) is 24.3 Å². The molecule has 1 aromatic carbocycles. The highest BCUT2D eigenvalue weighted by Crippen LogP contribution is 2.47. The molecule has 1 aromatic rings. The van der Waals surface area contributed by atoms with Crippen molar-refractivity contribution in [3.05, 3.63) is 29.8 Å². The lowest BCUT2D eigenvalue weighted by Crippen LogP contribution is -2.32. The van der Waals surface area contributed by atoms with Crippen molar-refractivity contribution in [1.29, 1.82) is 5.26 Å². The molecule has 0 saturated heterocycles. The molecule has 1 N–H and O–H groups in total. The summed E-state index contributed by atoms with van der Waals surface area (Å²) < 4.78 is 5.12. The van der Waals surface area contributed by atoms with Crippen LogP contribution in [0.3, 0.4) is 0 Å². The lowest BCUT2D eigenvalue weighted by Gasteiger charge is -2.38. The Hall–Kier alpha value is -1.53. The summed E-state index contributed by atoms with van der Waals surface area (Å²) in [5.41, 5.74) is 0.170. The van der Waals surface area contributed by atoms with Crippen LogP contribution >= 0.6 is 0 Å². The standard InChI is InChI=1S/C16H21NO2/c1-12-4-3-9-16(10-12,11-17)15(18)13-5-7-14(19-2)8-6-13/h5-8,12,15,18H,3-4,9-10H2,1-2H3. The van der Waals surface area contributed by atoms with E-state index in [1.807, 2.05) is 24.3 Å². The number of benzene rings is 1. The van der Waals surface area contributed by atoms with E-state index < -0.39 is 11.5 Å². The molecule has 3 heteroatoms. The van der Waals surface area contributed by atoms with Crippen LogP contribution in [0.4, 0.5) is 0 Å². The van der Waals surface area contributed by atoms with Gasteiger partial charge in [0.05, 0.1) is 24.7 Å². The zero-order valence-corrected chi connectivity index (χ0v) is 11.6. The second-order valence-electron chi connectivity index (χ2n) is 5.65. The molecule has 2 rings (SSSR count). The van der Waals surface area contributed by atoms with Crippen molar-refractivity contribution >= 4 is 0 Å². The highest BCUT2D eigenvalue weighted by molar-refractivity contribution is 5.30. The number of hydrogen-bond acceptors (Lipinski definition) is 3. The van der Waals surface area contributed by atoms with Crippen LogP contribution in [0.5, 0.6) is 5.75 Å². The number of rotatable bonds is 3. The molecule has 0 aliphatic heterocycles. The SMILES string of the molecule is COc1ccc(C(O)C2(C#N)CCCC(C)C2)cc1. The summed E-state index contributed by atoms with van der Waals surface area (Å²) in [7, 11) is 1.62. The van der Waals surface area contributed by atoms with Crippen molar-refractivity contribution < 1.29 is 9.84 Å². The van der Waals surface area contributed by atoms with Crippen molar-refractivity contribution in [3.63, 3.8) is 0 Å². The van der Waals surface area contributed by atoms with Gasteiger partial charge in [0.15, 0.2) is 0 Å². The largest absolute Gasteiger partial charge is 0.497 e. The number of aliphatic hydroxyl groups excluding tert-OH is 1. The maximum atomic E-state index is 10.6. The molecule has 19 heavy (non-hydrogen) atoms. The number of methoxy groups -OCH3 is 1. The molecule has 0 aromatic heterocycles. The van der Waals surface area contributed by atoms with Crippen molar-refractivity contribution in [2.75, 3.05) is 7.11 Å². The molecule has 0 bridgehead atoms. The highest BCUT2D eigenvalue weighted by atomic mass is 16.5. The molecule has 1 saturated carbocycles. The number of hydrogen-bond donors (Lipinski definition) is 1. The first-order valence-corrected chi connectivity index (χ1v) is 6.84. The van der Waals surface area contributed by atoms with Gasteiger partial charge in [-0.2, -0.15) is 5.26 Å². The van der Waals surface area contributed by atoms with E-state index in [0.29, 0.717) is 5.92 Å². The van der Waals surface area contributed by atoms with E-state index in [2.05, 4.69) is 13.0 Å². The highest BCUT2D eigenvalue weighted by Gasteiger charge is 2.42. The molecule has 1 fully saturated rings. The zero-order chi connectivity index (χ0) is 13.9. The maximum Gasteiger partial charge on any atom is 0.118 e. The summed E-state index contributed by atoms with van der Waals surface area (Å²) in [6.45, 7) is 2.16. The normalized spacial score (nSPS) is 28.4. The second-order valence-corrected chi connectivity index (χ2v) is 5.65. The summed E-state index contributed by atoms with van der Waals surface area (Å²) >= 11 is 0. The molecule has 102 valence electrons. The summed E-state index contributed by atoms with van der Waals surface area (Å²) in [5, 5.41) is 20.2. The smallest absolute Gasteiger partial charge is 0.118 e. The Morgan fingerprint density at radius 2 is 2.11 bits per heavy atom. The minimum Gasteiger partial charge on any atom is -0.497 e. The van der Waals surface area contributed by atoms with Crippen molar-refractivity contribution in [2.24, 2.45) is 11.3 Å². The maximum absolute atomic E-state index is 10.6. The lowest BCUT2D eigenvalue weighted by molar-refractivity contribution is 0.0219. The average molecular weight is 259 g/mol. The van der Waals surface area contributed by atoms with Crippen molar-refractivity contribution in [2.45, 2.75) is 38.7 Å². The third-order valence-corrected chi connectivity index (χ3v) is 4.21. The number of ether oxygens (including phenoxy) is 1. The fourth-order valence-corrected chi connectivity index (χ4v) is 3.11. The Bertz CT molecular complexity index is 463. The summed E-state index contributed by atoms with van der Waals surface area (Å²) in [5.74, 6) is 1.26. The van der Waals surface area contributed by atoms with Gasteiger partial charge in [0.2, 0.25) is 0 Å². The monoisotopic (exact) mass is 259 g/mol. The second kappa shape index (κ2) is 5.63. The predicted molar refractivity (Wildman–Crippen MR) is 73.6 cm³/mol. The Morgan fingerprint density at radius 1 is 1.42 bits per heavy atom. The van der Waals surface area contributed by atoms with E-state index in [4.69, 9.17) is 4.74 Å². The van der Waals surface area contributed by atoms with Crippen molar-refractivity contribution in [1.82, 2.24) is 0 Å². The fourth-order valence-electron chi connectivity index (χ4n) is 3.11. The lowest BCUT2D eigenvalue weighted by atomic mass is 9.66. The van der Waals surface area contributed by atoms with E-state index in [-0.39, 0.29) is 0 Å². The van der Waals surface area contributed by atoms with E-state index >= 15 is 0 Å². The molecular formula is C16H21NO2. The summed E-state index contributed by atoms with van der Waals surface area (Å²) in [6.07, 6.45) is 3.00. The van der Waals surface area contributed by atoms with Gasteiger partial charge in [-0.05, 0) is 36.5 Å². The Kier molecular flexibility index (Phi) is 4.11. The Morgan fingerprint density at radius 3 is 2.63 bits per heavy atom. The van der Waals surface area contributed by atoms with E-state index in [1.54, 1.807) is 7.11 Å². The van der Waals surface area contributed by atoms with Crippen LogP contribution in [0.1, 0.15) is 44.3 Å². The first kappa shape index (κ1) is 13.9. The number of aliphatic hydroxyl groups is 1. The first-order chi connectivity index (χ1) is 9.11. The minimum absolute atomic E-state index is 0.501. The van der Waals surface area contributed by atoms with E-state index in [9.17, 15) is 10.4 Å². The van der Waals surface area contributed by atoms with Gasteiger partial charge < -0.3 is 9.84 Å². The van der Waals surface area contributed by atoms with Gasteiger partial charge in [0.25, 0.3) is 0 Å². The van der Waals surface area contributed by atoms with Gasteiger partial charge in [-0.3, -0.25) is 0 Å². The molecule has 1 aliphatic carbocycles. The van der Waals surface area contributed by atoms with E-state index in [0.717, 1.165) is 37.0 Å². The summed E-state index contributed by atoms with van der Waals surface area (Å²) in [4.78, 5) is 0. The van der Waals surface area contributed by atoms with Crippen LogP contribution in [0.2, 0.25) is 0 Å². The predicted octanol–water partition coefficient (Wildman–Crippen LogP) is 3.45. The van der Waals surface area contributed by atoms with E-state index in [1.165, 1.54) is 0 Å². The Balaban J connectivity index is 2.24. The molecule has 0 heterocycles. The third-order valence-electron chi connectivity index (χ3n) is 4.21. The van der Waals surface area contributed by atoms with Crippen LogP contribution < -0.4 is 4.74 Å². The van der Waals surface area contributed by atoms with Crippen molar-refractivity contribution in [3.8, 4) is 11.8 Å². The first-order valence-electron chi connectivity index (χ1n) is 6.84. The Labute approximate surface area is 114 Å². The molecule has 0 radical (unpaired) electrons. The topological polar surface area (TPSA) is 53.2 Å². The van der Waals surface area contributed by atoms with Crippen LogP contribution in [0, 0.1) is 22.7 Å². The molecule has 0 spiro atoms. The van der Waals surface area contributed by atoms with Gasteiger partial charge in [-0.15, -0.1) is 0 Å². The zero-order valence-electron chi connectivity index (χ0n) is 11.6. The molecule has 1 aliphatic rings. The van der Waals surface area contributed by atoms with Crippen LogP contribution in [-0.4, -0.2) is 12.2 Å². The molecule has 0 amide bonds. The fraction of sp³-hybridized carbons (Fsp3) is 0.562. The molecule has 3 atom stereocenters. The van der Waals surface area contributed by atoms with Gasteiger partial charge >= 0.3 is 0 Å². The minimum atomic E-state index is -0.717. The molecular weight excluding hydrogens is 238 g/mol. The molecule has 3 unspecified atom stereocenters. The van der Waals surface area contributed by atoms with Gasteiger partial charge in [-0.1, -0.05) is 31.9 Å². The summed E-state index contributed by atoms with van der Waals surface area (Å²) in [6, 6.07) is 9.75. The third kappa shape index (κ3) is 2.74. The van der Waals surface area contributed by atoms with Crippen LogP contribution in [0.25, 0.3) is 0 Å². The van der Waals surface area contributed by atoms with Gasteiger partial charge in [-0.25, -0.2) is 0 Å². The van der Waals surface area contributed by atoms with Crippen LogP contribution in [-0.2, 0) is 0 Å².